The van der Waals surface area contributed by atoms with Crippen LogP contribution in [0, 0.1) is 0 Å². The van der Waals surface area contributed by atoms with Gasteiger partial charge in [0.1, 0.15) is 5.75 Å². The molecule has 0 aliphatic carbocycles. The quantitative estimate of drug-likeness (QED) is 0.791. The van der Waals surface area contributed by atoms with E-state index in [-0.39, 0.29) is 0 Å². The Morgan fingerprint density at radius 2 is 1.60 bits per heavy atom. The van der Waals surface area contributed by atoms with Crippen molar-refractivity contribution in [2.24, 2.45) is 0 Å². The molecule has 2 heterocycles. The van der Waals surface area contributed by atoms with Gasteiger partial charge in [0.05, 0.1) is 13.8 Å². The van der Waals surface area contributed by atoms with Crippen molar-refractivity contribution in [1.82, 2.24) is 0 Å². The monoisotopic (exact) mass is 330 g/mol. The van der Waals surface area contributed by atoms with Crippen LogP contribution in [0.3, 0.4) is 0 Å². The van der Waals surface area contributed by atoms with Crippen LogP contribution >= 0.6 is 15.9 Å². The molecule has 2 aliphatic rings. The molecule has 0 spiro atoms. The number of methoxy groups -OCH3 is 1. The molecule has 2 aliphatic heterocycles. The summed E-state index contributed by atoms with van der Waals surface area (Å²) >= 11 is 3.57. The third kappa shape index (κ3) is 1.79. The minimum Gasteiger partial charge on any atom is -0.497 e. The van der Waals surface area contributed by atoms with E-state index < -0.39 is 0 Å². The van der Waals surface area contributed by atoms with Gasteiger partial charge in [-0.3, -0.25) is 0 Å². The number of hydrogen-bond donors (Lipinski definition) is 0. The molecule has 0 N–H and O–H groups in total. The first-order valence-corrected chi connectivity index (χ1v) is 7.49. The van der Waals surface area contributed by atoms with Gasteiger partial charge in [-0.05, 0) is 47.5 Å². The number of nitrogens with zero attached hydrogens (tertiary/aromatic N) is 2. The topological polar surface area (TPSA) is 15.7 Å². The average Bonchev–Trinajstić information content (AvgIpc) is 2.46. The van der Waals surface area contributed by atoms with Crippen molar-refractivity contribution in [3.8, 4) is 5.75 Å². The van der Waals surface area contributed by atoms with Crippen molar-refractivity contribution in [3.63, 3.8) is 0 Å². The van der Waals surface area contributed by atoms with E-state index in [1.165, 1.54) is 22.5 Å². The van der Waals surface area contributed by atoms with Crippen LogP contribution in [0.1, 0.15) is 11.1 Å². The number of rotatable bonds is 1. The molecule has 0 unspecified atom stereocenters. The second-order valence-electron chi connectivity index (χ2n) is 5.30. The van der Waals surface area contributed by atoms with Gasteiger partial charge in [-0.2, -0.15) is 0 Å². The molecule has 0 radical (unpaired) electrons. The van der Waals surface area contributed by atoms with Crippen LogP contribution in [0.25, 0.3) is 0 Å². The molecule has 0 saturated heterocycles. The number of halogens is 1. The molecule has 0 saturated carbocycles. The smallest absolute Gasteiger partial charge is 0.119 e. The SMILES string of the molecule is COc1ccc2c(c1)CN1CN2Cc2cc(Br)ccc21. The van der Waals surface area contributed by atoms with E-state index in [1.807, 2.05) is 6.07 Å². The molecular formula is C16H15BrN2O. The van der Waals surface area contributed by atoms with Crippen LogP contribution in [0.4, 0.5) is 11.4 Å². The van der Waals surface area contributed by atoms with Gasteiger partial charge in [0.2, 0.25) is 0 Å². The lowest BCUT2D eigenvalue weighted by molar-refractivity contribution is 0.414. The van der Waals surface area contributed by atoms with Crippen molar-refractivity contribution in [1.29, 1.82) is 0 Å². The van der Waals surface area contributed by atoms with Gasteiger partial charge in [0, 0.05) is 28.9 Å². The van der Waals surface area contributed by atoms with Crippen LogP contribution in [0.2, 0.25) is 0 Å². The van der Waals surface area contributed by atoms with E-state index in [4.69, 9.17) is 4.74 Å². The largest absolute Gasteiger partial charge is 0.497 e. The van der Waals surface area contributed by atoms with E-state index >= 15 is 0 Å². The van der Waals surface area contributed by atoms with Crippen LogP contribution in [-0.2, 0) is 13.1 Å². The Hall–Kier alpha value is -1.68. The second kappa shape index (κ2) is 4.42. The molecule has 2 bridgehead atoms. The molecule has 20 heavy (non-hydrogen) atoms. The predicted octanol–water partition coefficient (Wildman–Crippen LogP) is 3.76. The Balaban J connectivity index is 1.80. The zero-order valence-electron chi connectivity index (χ0n) is 11.3. The normalized spacial score (nSPS) is 15.7. The van der Waals surface area contributed by atoms with Crippen LogP contribution in [-0.4, -0.2) is 13.8 Å². The van der Waals surface area contributed by atoms with Crippen LogP contribution in [0.15, 0.2) is 40.9 Å². The summed E-state index contributed by atoms with van der Waals surface area (Å²) in [5.74, 6) is 0.933. The summed E-state index contributed by atoms with van der Waals surface area (Å²) in [7, 11) is 1.72. The first-order valence-electron chi connectivity index (χ1n) is 6.70. The third-order valence-corrected chi connectivity index (χ3v) is 4.57. The minimum atomic E-state index is 0.933. The Bertz CT molecular complexity index is 686. The maximum atomic E-state index is 5.34. The van der Waals surface area contributed by atoms with Crippen molar-refractivity contribution >= 4 is 27.3 Å². The van der Waals surface area contributed by atoms with Crippen molar-refractivity contribution in [2.75, 3.05) is 23.6 Å². The lowest BCUT2D eigenvalue weighted by Crippen LogP contribution is -2.46. The third-order valence-electron chi connectivity index (χ3n) is 4.07. The van der Waals surface area contributed by atoms with Crippen LogP contribution in [0.5, 0.6) is 5.75 Å². The van der Waals surface area contributed by atoms with Crippen molar-refractivity contribution in [2.45, 2.75) is 13.1 Å². The molecule has 3 nitrogen and oxygen atoms in total. The molecule has 2 aromatic carbocycles. The molecular weight excluding hydrogens is 316 g/mol. The molecule has 0 atom stereocenters. The lowest BCUT2D eigenvalue weighted by Gasteiger charge is -2.44. The Morgan fingerprint density at radius 1 is 0.950 bits per heavy atom. The fourth-order valence-corrected chi connectivity index (χ4v) is 3.56. The standard InChI is InChI=1S/C16H15BrN2O/c1-20-14-3-5-16-12(7-14)9-19-10-18(16)8-11-6-13(17)2-4-15(11)19/h2-7H,8-10H2,1H3. The van der Waals surface area contributed by atoms with Gasteiger partial charge in [-0.25, -0.2) is 0 Å². The number of anilines is 2. The molecule has 0 amide bonds. The highest BCUT2D eigenvalue weighted by Crippen LogP contribution is 2.39. The molecule has 0 aromatic heterocycles. The summed E-state index contributed by atoms with van der Waals surface area (Å²) in [5.41, 5.74) is 5.39. The van der Waals surface area contributed by atoms with Crippen LogP contribution < -0.4 is 14.5 Å². The average molecular weight is 331 g/mol. The van der Waals surface area contributed by atoms with Gasteiger partial charge in [0.15, 0.2) is 0 Å². The molecule has 0 fully saturated rings. The molecule has 2 aromatic rings. The first-order chi connectivity index (χ1) is 9.74. The fraction of sp³-hybridized carbons (Fsp3) is 0.250. The number of benzene rings is 2. The van der Waals surface area contributed by atoms with Gasteiger partial charge in [-0.1, -0.05) is 15.9 Å². The maximum absolute atomic E-state index is 5.34. The van der Waals surface area contributed by atoms with E-state index in [2.05, 4.69) is 56.1 Å². The molecule has 4 rings (SSSR count). The highest BCUT2D eigenvalue weighted by molar-refractivity contribution is 9.10. The maximum Gasteiger partial charge on any atom is 0.119 e. The summed E-state index contributed by atoms with van der Waals surface area (Å²) in [5, 5.41) is 0. The molecule has 4 heteroatoms. The van der Waals surface area contributed by atoms with Gasteiger partial charge in [-0.15, -0.1) is 0 Å². The minimum absolute atomic E-state index is 0.933. The van der Waals surface area contributed by atoms with Gasteiger partial charge < -0.3 is 14.5 Å². The summed E-state index contributed by atoms with van der Waals surface area (Å²) < 4.78 is 6.49. The van der Waals surface area contributed by atoms with E-state index in [0.29, 0.717) is 0 Å². The second-order valence-corrected chi connectivity index (χ2v) is 6.22. The zero-order valence-corrected chi connectivity index (χ0v) is 12.9. The van der Waals surface area contributed by atoms with Crippen molar-refractivity contribution < 1.29 is 4.74 Å². The summed E-state index contributed by atoms with van der Waals surface area (Å²) in [4.78, 5) is 4.85. The van der Waals surface area contributed by atoms with E-state index in [1.54, 1.807) is 7.11 Å². The summed E-state index contributed by atoms with van der Waals surface area (Å²) in [6.45, 7) is 2.87. The first kappa shape index (κ1) is 12.1. The number of ether oxygens (including phenoxy) is 1. The number of fused-ring (bicyclic) bond motifs is 6. The summed E-state index contributed by atoms with van der Waals surface area (Å²) in [6, 6.07) is 12.9. The molecule has 102 valence electrons. The highest BCUT2D eigenvalue weighted by atomic mass is 79.9. The van der Waals surface area contributed by atoms with E-state index in [0.717, 1.165) is 30.0 Å². The zero-order chi connectivity index (χ0) is 13.7. The lowest BCUT2D eigenvalue weighted by atomic mass is 10.0. The fourth-order valence-electron chi connectivity index (χ4n) is 3.15. The Kier molecular flexibility index (Phi) is 2.67. The van der Waals surface area contributed by atoms with E-state index in [9.17, 15) is 0 Å². The van der Waals surface area contributed by atoms with Gasteiger partial charge in [0.25, 0.3) is 0 Å². The number of hydrogen-bond acceptors (Lipinski definition) is 3. The van der Waals surface area contributed by atoms with Crippen molar-refractivity contribution in [3.05, 3.63) is 52.0 Å². The predicted molar refractivity (Wildman–Crippen MR) is 84.4 cm³/mol. The Morgan fingerprint density at radius 3 is 2.30 bits per heavy atom. The summed E-state index contributed by atoms with van der Waals surface area (Å²) in [6.07, 6.45) is 0. The van der Waals surface area contributed by atoms with Gasteiger partial charge >= 0.3 is 0 Å². The Labute approximate surface area is 126 Å². The highest BCUT2D eigenvalue weighted by Gasteiger charge is 2.29.